The molecule has 9 nitrogen and oxygen atoms in total. The van der Waals surface area contributed by atoms with E-state index in [2.05, 4.69) is 22.4 Å². The number of amides is 1. The first-order valence-electron chi connectivity index (χ1n) is 8.67. The second kappa shape index (κ2) is 8.93. The van der Waals surface area contributed by atoms with E-state index in [1.807, 2.05) is 0 Å². The SMILES string of the molecule is C=COCCONC(=O)c1ccc2cncn2c1Nc1ccc(S(C)(=O)=O)cc1F. The maximum atomic E-state index is 14.5. The van der Waals surface area contributed by atoms with Crippen LogP contribution in [0.25, 0.3) is 5.52 Å². The number of anilines is 2. The van der Waals surface area contributed by atoms with Gasteiger partial charge in [-0.3, -0.25) is 14.0 Å². The fourth-order valence-corrected chi connectivity index (χ4v) is 3.24. The van der Waals surface area contributed by atoms with E-state index in [9.17, 15) is 17.6 Å². The van der Waals surface area contributed by atoms with Gasteiger partial charge in [0.2, 0.25) is 0 Å². The van der Waals surface area contributed by atoms with Gasteiger partial charge in [-0.25, -0.2) is 23.3 Å². The molecule has 2 N–H and O–H groups in total. The lowest BCUT2D eigenvalue weighted by molar-refractivity contribution is 0.0145. The Morgan fingerprint density at radius 3 is 2.80 bits per heavy atom. The lowest BCUT2D eigenvalue weighted by Crippen LogP contribution is -2.26. The summed E-state index contributed by atoms with van der Waals surface area (Å²) in [5, 5.41) is 2.84. The molecule has 0 spiro atoms. The summed E-state index contributed by atoms with van der Waals surface area (Å²) in [6.45, 7) is 3.69. The van der Waals surface area contributed by atoms with E-state index in [1.165, 1.54) is 30.8 Å². The first-order chi connectivity index (χ1) is 14.3. The maximum absolute atomic E-state index is 14.5. The van der Waals surface area contributed by atoms with Gasteiger partial charge >= 0.3 is 0 Å². The number of aromatic nitrogens is 2. The molecule has 0 fully saturated rings. The number of nitrogens with one attached hydrogen (secondary N) is 2. The highest BCUT2D eigenvalue weighted by molar-refractivity contribution is 7.90. The number of pyridine rings is 1. The number of halogens is 1. The third-order valence-electron chi connectivity index (χ3n) is 4.04. The molecular weight excluding hydrogens is 415 g/mol. The third kappa shape index (κ3) is 4.75. The van der Waals surface area contributed by atoms with Crippen LogP contribution in [0, 0.1) is 5.82 Å². The molecular formula is C19H19FN4O5S. The van der Waals surface area contributed by atoms with Gasteiger partial charge in [0.1, 0.15) is 31.2 Å². The van der Waals surface area contributed by atoms with E-state index < -0.39 is 21.6 Å². The summed E-state index contributed by atoms with van der Waals surface area (Å²) < 4.78 is 44.2. The molecule has 158 valence electrons. The Balaban J connectivity index is 1.91. The topological polar surface area (TPSA) is 111 Å². The van der Waals surface area contributed by atoms with Crippen LogP contribution >= 0.6 is 0 Å². The van der Waals surface area contributed by atoms with E-state index in [-0.39, 0.29) is 35.2 Å². The van der Waals surface area contributed by atoms with Gasteiger partial charge in [-0.05, 0) is 30.3 Å². The van der Waals surface area contributed by atoms with Crippen molar-refractivity contribution in [3.63, 3.8) is 0 Å². The average molecular weight is 434 g/mol. The molecule has 0 saturated heterocycles. The molecule has 0 aliphatic carbocycles. The number of hydrogen-bond acceptors (Lipinski definition) is 7. The first-order valence-corrected chi connectivity index (χ1v) is 10.6. The summed E-state index contributed by atoms with van der Waals surface area (Å²) in [5.74, 6) is -1.15. The second-order valence-electron chi connectivity index (χ2n) is 6.14. The van der Waals surface area contributed by atoms with Crippen LogP contribution in [0.1, 0.15) is 10.4 Å². The minimum atomic E-state index is -3.56. The predicted octanol–water partition coefficient (Wildman–Crippen LogP) is 2.44. The highest BCUT2D eigenvalue weighted by Gasteiger charge is 2.18. The summed E-state index contributed by atoms with van der Waals surface area (Å²) in [6, 6.07) is 6.66. The number of imidazole rings is 1. The van der Waals surface area contributed by atoms with Crippen LogP contribution in [0.4, 0.5) is 15.9 Å². The standard InChI is InChI=1S/C19H19FN4O5S/c1-3-28-8-9-29-23-19(25)15-6-4-13-11-21-12-24(13)18(15)22-17-7-5-14(10-16(17)20)30(2,26)27/h3-7,10-12,22H,1,8-9H2,2H3,(H,23,25). The number of nitrogens with zero attached hydrogens (tertiary/aromatic N) is 2. The number of fused-ring (bicyclic) bond motifs is 1. The molecule has 0 unspecified atom stereocenters. The van der Waals surface area contributed by atoms with Crippen LogP contribution in [0.3, 0.4) is 0 Å². The van der Waals surface area contributed by atoms with E-state index >= 15 is 0 Å². The van der Waals surface area contributed by atoms with Gasteiger partial charge in [0, 0.05) is 6.26 Å². The van der Waals surface area contributed by atoms with Crippen molar-refractivity contribution >= 4 is 32.8 Å². The number of hydrogen-bond donors (Lipinski definition) is 2. The van der Waals surface area contributed by atoms with Crippen LogP contribution in [0.5, 0.6) is 0 Å². The van der Waals surface area contributed by atoms with Gasteiger partial charge < -0.3 is 10.1 Å². The van der Waals surface area contributed by atoms with Crippen molar-refractivity contribution in [1.82, 2.24) is 14.9 Å². The summed E-state index contributed by atoms with van der Waals surface area (Å²) in [4.78, 5) is 21.5. The molecule has 2 heterocycles. The lowest BCUT2D eigenvalue weighted by Gasteiger charge is -2.15. The molecule has 30 heavy (non-hydrogen) atoms. The first kappa shape index (κ1) is 21.3. The van der Waals surface area contributed by atoms with Crippen LogP contribution < -0.4 is 10.8 Å². The fourth-order valence-electron chi connectivity index (χ4n) is 2.60. The molecule has 2 aromatic heterocycles. The van der Waals surface area contributed by atoms with E-state index in [1.54, 1.807) is 16.7 Å². The van der Waals surface area contributed by atoms with E-state index in [0.29, 0.717) is 5.52 Å². The second-order valence-corrected chi connectivity index (χ2v) is 8.16. The van der Waals surface area contributed by atoms with Gasteiger partial charge in [0.25, 0.3) is 5.91 Å². The number of rotatable bonds is 9. The summed E-state index contributed by atoms with van der Waals surface area (Å²) >= 11 is 0. The van der Waals surface area contributed by atoms with Crippen LogP contribution in [0.2, 0.25) is 0 Å². The average Bonchev–Trinajstić information content (AvgIpc) is 3.17. The van der Waals surface area contributed by atoms with Gasteiger partial charge in [0.15, 0.2) is 9.84 Å². The molecule has 0 aliphatic heterocycles. The van der Waals surface area contributed by atoms with Crippen molar-refractivity contribution in [2.24, 2.45) is 0 Å². The highest BCUT2D eigenvalue weighted by Crippen LogP contribution is 2.26. The summed E-state index contributed by atoms with van der Waals surface area (Å²) in [5.41, 5.74) is 3.07. The highest BCUT2D eigenvalue weighted by atomic mass is 32.2. The van der Waals surface area contributed by atoms with Crippen molar-refractivity contribution in [2.75, 3.05) is 24.8 Å². The van der Waals surface area contributed by atoms with Gasteiger partial charge in [-0.15, -0.1) is 0 Å². The van der Waals surface area contributed by atoms with Crippen molar-refractivity contribution in [1.29, 1.82) is 0 Å². The smallest absolute Gasteiger partial charge is 0.278 e. The molecule has 3 aromatic rings. The molecule has 0 radical (unpaired) electrons. The summed E-state index contributed by atoms with van der Waals surface area (Å²) in [7, 11) is -3.56. The van der Waals surface area contributed by atoms with Crippen molar-refractivity contribution in [3.05, 3.63) is 67.1 Å². The number of ether oxygens (including phenoxy) is 1. The Bertz CT molecular complexity index is 1190. The van der Waals surface area contributed by atoms with Crippen LogP contribution in [-0.2, 0) is 19.4 Å². The number of carbonyl (C=O) groups is 1. The molecule has 1 amide bonds. The monoisotopic (exact) mass is 434 g/mol. The van der Waals surface area contributed by atoms with Gasteiger partial charge in [-0.1, -0.05) is 6.58 Å². The molecule has 0 saturated carbocycles. The molecule has 0 atom stereocenters. The van der Waals surface area contributed by atoms with Crippen LogP contribution in [-0.4, -0.2) is 43.2 Å². The summed E-state index contributed by atoms with van der Waals surface area (Å²) in [6.07, 6.45) is 5.27. The molecule has 1 aromatic carbocycles. The Labute approximate surface area is 172 Å². The van der Waals surface area contributed by atoms with E-state index in [4.69, 9.17) is 9.57 Å². The van der Waals surface area contributed by atoms with Crippen molar-refractivity contribution in [2.45, 2.75) is 4.90 Å². The van der Waals surface area contributed by atoms with Gasteiger partial charge in [0.05, 0.1) is 34.1 Å². The van der Waals surface area contributed by atoms with Crippen molar-refractivity contribution < 1.29 is 27.2 Å². The largest absolute Gasteiger partial charge is 0.499 e. The van der Waals surface area contributed by atoms with Crippen LogP contribution in [0.15, 0.2) is 60.6 Å². The minimum absolute atomic E-state index is 0.0158. The van der Waals surface area contributed by atoms with Gasteiger partial charge in [-0.2, -0.15) is 0 Å². The predicted molar refractivity (Wildman–Crippen MR) is 108 cm³/mol. The molecule has 0 aliphatic rings. The zero-order valence-electron chi connectivity index (χ0n) is 16.0. The Kier molecular flexibility index (Phi) is 6.33. The number of carbonyl (C=O) groups excluding carboxylic acids is 1. The third-order valence-corrected chi connectivity index (χ3v) is 5.15. The Morgan fingerprint density at radius 2 is 2.10 bits per heavy atom. The molecule has 11 heteroatoms. The maximum Gasteiger partial charge on any atom is 0.278 e. The van der Waals surface area contributed by atoms with E-state index in [0.717, 1.165) is 12.3 Å². The number of hydroxylamine groups is 1. The Hall–Kier alpha value is -3.44. The molecule has 0 bridgehead atoms. The normalized spacial score (nSPS) is 11.3. The molecule has 3 rings (SSSR count). The number of sulfone groups is 1. The lowest BCUT2D eigenvalue weighted by atomic mass is 10.2. The minimum Gasteiger partial charge on any atom is -0.499 e. The zero-order valence-corrected chi connectivity index (χ0v) is 16.8. The van der Waals surface area contributed by atoms with Crippen molar-refractivity contribution in [3.8, 4) is 0 Å². The zero-order chi connectivity index (χ0) is 21.7. The number of benzene rings is 1. The quantitative estimate of drug-likeness (QED) is 0.302. The fraction of sp³-hybridized carbons (Fsp3) is 0.158. The Morgan fingerprint density at radius 1 is 1.30 bits per heavy atom.